The predicted molar refractivity (Wildman–Crippen MR) is 55.1 cm³/mol. The molecular formula is C10H16N2O4. The molecular weight excluding hydrogens is 212 g/mol. The molecule has 1 aliphatic heterocycles. The monoisotopic (exact) mass is 228 g/mol. The Morgan fingerprint density at radius 2 is 2.12 bits per heavy atom. The number of hydrogen-bond acceptors (Lipinski definition) is 3. The number of hydrogen-bond donors (Lipinski definition) is 2. The standard InChI is InChI=1S/C10H16N2O4/c1-16-7-4-8(9(13)14)12(5-7)10(15)11-6-2-3-6/h6-8H,2-5H2,1H3,(H,11,15)(H,13,14). The summed E-state index contributed by atoms with van der Waals surface area (Å²) in [4.78, 5) is 24.1. The maximum absolute atomic E-state index is 11.8. The minimum atomic E-state index is -0.967. The Morgan fingerprint density at radius 1 is 1.44 bits per heavy atom. The second-order valence-electron chi connectivity index (χ2n) is 4.32. The van der Waals surface area contributed by atoms with Crippen LogP contribution in [0, 0.1) is 0 Å². The lowest BCUT2D eigenvalue weighted by molar-refractivity contribution is -0.141. The Balaban J connectivity index is 1.98. The van der Waals surface area contributed by atoms with Crippen molar-refractivity contribution in [2.24, 2.45) is 0 Å². The van der Waals surface area contributed by atoms with Crippen LogP contribution in [0.1, 0.15) is 19.3 Å². The topological polar surface area (TPSA) is 78.9 Å². The molecule has 2 atom stereocenters. The highest BCUT2D eigenvalue weighted by Gasteiger charge is 2.41. The number of nitrogens with zero attached hydrogens (tertiary/aromatic N) is 1. The number of ether oxygens (including phenoxy) is 1. The van der Waals surface area contributed by atoms with E-state index < -0.39 is 12.0 Å². The quantitative estimate of drug-likeness (QED) is 0.714. The Hall–Kier alpha value is -1.30. The number of likely N-dealkylation sites (tertiary alicyclic amines) is 1. The maximum Gasteiger partial charge on any atom is 0.326 e. The van der Waals surface area contributed by atoms with Crippen molar-refractivity contribution in [3.8, 4) is 0 Å². The second-order valence-corrected chi connectivity index (χ2v) is 4.32. The van der Waals surface area contributed by atoms with Crippen LogP contribution in [0.2, 0.25) is 0 Å². The van der Waals surface area contributed by atoms with Crippen LogP contribution < -0.4 is 5.32 Å². The van der Waals surface area contributed by atoms with E-state index in [2.05, 4.69) is 5.32 Å². The van der Waals surface area contributed by atoms with Gasteiger partial charge in [-0.25, -0.2) is 9.59 Å². The molecule has 0 radical (unpaired) electrons. The zero-order chi connectivity index (χ0) is 11.7. The van der Waals surface area contributed by atoms with E-state index in [1.165, 1.54) is 12.0 Å². The van der Waals surface area contributed by atoms with Crippen molar-refractivity contribution in [2.75, 3.05) is 13.7 Å². The largest absolute Gasteiger partial charge is 0.480 e. The van der Waals surface area contributed by atoms with E-state index in [1.54, 1.807) is 0 Å². The van der Waals surface area contributed by atoms with Crippen molar-refractivity contribution in [1.29, 1.82) is 0 Å². The molecule has 6 nitrogen and oxygen atoms in total. The highest BCUT2D eigenvalue weighted by atomic mass is 16.5. The number of carboxylic acids is 1. The number of carboxylic acid groups (broad SMARTS) is 1. The normalized spacial score (nSPS) is 29.2. The number of rotatable bonds is 3. The van der Waals surface area contributed by atoms with Gasteiger partial charge in [0.2, 0.25) is 0 Å². The van der Waals surface area contributed by atoms with E-state index in [0.29, 0.717) is 13.0 Å². The summed E-state index contributed by atoms with van der Waals surface area (Å²) < 4.78 is 5.11. The summed E-state index contributed by atoms with van der Waals surface area (Å²) in [6.07, 6.45) is 2.17. The minimum Gasteiger partial charge on any atom is -0.480 e. The van der Waals surface area contributed by atoms with Gasteiger partial charge in [0.05, 0.1) is 6.10 Å². The molecule has 0 aromatic heterocycles. The van der Waals surface area contributed by atoms with Crippen LogP contribution in [0.5, 0.6) is 0 Å². The van der Waals surface area contributed by atoms with E-state index in [9.17, 15) is 9.59 Å². The van der Waals surface area contributed by atoms with Crippen molar-refractivity contribution < 1.29 is 19.4 Å². The summed E-state index contributed by atoms with van der Waals surface area (Å²) in [7, 11) is 1.53. The Bertz CT molecular complexity index is 303. The molecule has 6 heteroatoms. The van der Waals surface area contributed by atoms with Crippen molar-refractivity contribution in [2.45, 2.75) is 37.5 Å². The van der Waals surface area contributed by atoms with Crippen LogP contribution in [0.3, 0.4) is 0 Å². The van der Waals surface area contributed by atoms with Gasteiger partial charge < -0.3 is 20.1 Å². The molecule has 1 aliphatic carbocycles. The molecule has 90 valence electrons. The van der Waals surface area contributed by atoms with Crippen molar-refractivity contribution >= 4 is 12.0 Å². The zero-order valence-corrected chi connectivity index (χ0v) is 9.18. The molecule has 2 aliphatic rings. The van der Waals surface area contributed by atoms with Gasteiger partial charge >= 0.3 is 12.0 Å². The number of methoxy groups -OCH3 is 1. The number of carbonyl (C=O) groups excluding carboxylic acids is 1. The van der Waals surface area contributed by atoms with Gasteiger partial charge in [-0.15, -0.1) is 0 Å². The average molecular weight is 228 g/mol. The molecule has 0 aromatic rings. The molecule has 16 heavy (non-hydrogen) atoms. The molecule has 0 spiro atoms. The predicted octanol–water partition coefficient (Wildman–Crippen LogP) is 0.0323. The van der Waals surface area contributed by atoms with Gasteiger partial charge in [0.15, 0.2) is 0 Å². The fourth-order valence-corrected chi connectivity index (χ4v) is 1.91. The third-order valence-electron chi connectivity index (χ3n) is 3.05. The van der Waals surface area contributed by atoms with Crippen molar-refractivity contribution in [3.63, 3.8) is 0 Å². The lowest BCUT2D eigenvalue weighted by Crippen LogP contribution is -2.46. The summed E-state index contributed by atoms with van der Waals surface area (Å²) >= 11 is 0. The minimum absolute atomic E-state index is 0.175. The van der Waals surface area contributed by atoms with Crippen LogP contribution in [0.15, 0.2) is 0 Å². The van der Waals surface area contributed by atoms with Gasteiger partial charge in [-0.05, 0) is 12.8 Å². The molecule has 0 bridgehead atoms. The van der Waals surface area contributed by atoms with Gasteiger partial charge in [0, 0.05) is 26.1 Å². The number of urea groups is 1. The Morgan fingerprint density at radius 3 is 2.62 bits per heavy atom. The van der Waals surface area contributed by atoms with Gasteiger partial charge in [0.25, 0.3) is 0 Å². The van der Waals surface area contributed by atoms with Crippen LogP contribution in [-0.2, 0) is 9.53 Å². The molecule has 2 N–H and O–H groups in total. The lowest BCUT2D eigenvalue weighted by Gasteiger charge is -2.21. The summed E-state index contributed by atoms with van der Waals surface area (Å²) in [5, 5.41) is 11.8. The SMILES string of the molecule is COC1CC(C(=O)O)N(C(=O)NC2CC2)C1. The fraction of sp³-hybridized carbons (Fsp3) is 0.800. The smallest absolute Gasteiger partial charge is 0.326 e. The lowest BCUT2D eigenvalue weighted by atomic mass is 10.2. The van der Waals surface area contributed by atoms with Crippen LogP contribution >= 0.6 is 0 Å². The first-order chi connectivity index (χ1) is 7.61. The number of nitrogens with one attached hydrogen (secondary N) is 1. The fourth-order valence-electron chi connectivity index (χ4n) is 1.91. The van der Waals surface area contributed by atoms with Gasteiger partial charge in [-0.3, -0.25) is 0 Å². The highest BCUT2D eigenvalue weighted by Crippen LogP contribution is 2.23. The van der Waals surface area contributed by atoms with Gasteiger partial charge in [-0.1, -0.05) is 0 Å². The number of aliphatic carboxylic acids is 1. The van der Waals surface area contributed by atoms with Crippen LogP contribution in [-0.4, -0.2) is 53.8 Å². The second kappa shape index (κ2) is 4.29. The van der Waals surface area contributed by atoms with E-state index in [-0.39, 0.29) is 18.2 Å². The zero-order valence-electron chi connectivity index (χ0n) is 9.18. The molecule has 1 heterocycles. The van der Waals surface area contributed by atoms with E-state index in [1.807, 2.05) is 0 Å². The highest BCUT2D eigenvalue weighted by molar-refractivity contribution is 5.83. The van der Waals surface area contributed by atoms with E-state index >= 15 is 0 Å². The van der Waals surface area contributed by atoms with Gasteiger partial charge in [0.1, 0.15) is 6.04 Å². The first-order valence-corrected chi connectivity index (χ1v) is 5.44. The van der Waals surface area contributed by atoms with Crippen molar-refractivity contribution in [3.05, 3.63) is 0 Å². The van der Waals surface area contributed by atoms with Gasteiger partial charge in [-0.2, -0.15) is 0 Å². The first kappa shape index (κ1) is 11.2. The summed E-state index contributed by atoms with van der Waals surface area (Å²) in [5.41, 5.74) is 0. The van der Waals surface area contributed by atoms with E-state index in [4.69, 9.17) is 9.84 Å². The number of amides is 2. The summed E-state index contributed by atoms with van der Waals surface area (Å²) in [5.74, 6) is -0.967. The molecule has 2 amide bonds. The molecule has 0 aromatic carbocycles. The summed E-state index contributed by atoms with van der Waals surface area (Å²) in [6, 6.07) is -0.804. The van der Waals surface area contributed by atoms with E-state index in [0.717, 1.165) is 12.8 Å². The third kappa shape index (κ3) is 2.27. The third-order valence-corrected chi connectivity index (χ3v) is 3.05. The Kier molecular flexibility index (Phi) is 3.00. The molecule has 2 rings (SSSR count). The van der Waals surface area contributed by atoms with Crippen molar-refractivity contribution in [1.82, 2.24) is 10.2 Å². The van der Waals surface area contributed by atoms with Crippen LogP contribution in [0.25, 0.3) is 0 Å². The molecule has 2 unspecified atom stereocenters. The maximum atomic E-state index is 11.8. The molecule has 2 fully saturated rings. The van der Waals surface area contributed by atoms with Crippen LogP contribution in [0.4, 0.5) is 4.79 Å². The summed E-state index contributed by atoms with van der Waals surface area (Å²) in [6.45, 7) is 0.353. The molecule has 1 saturated carbocycles. The number of carbonyl (C=O) groups is 2. The Labute approximate surface area is 93.6 Å². The molecule has 1 saturated heterocycles. The average Bonchev–Trinajstić information content (AvgIpc) is 2.94. The first-order valence-electron chi connectivity index (χ1n) is 5.44.